The third-order valence-electron chi connectivity index (χ3n) is 6.38. The molecule has 3 aromatic carbocycles. The Morgan fingerprint density at radius 3 is 2.31 bits per heavy atom. The molecule has 0 spiro atoms. The summed E-state index contributed by atoms with van der Waals surface area (Å²) in [4.78, 5) is 14.7. The van der Waals surface area contributed by atoms with Crippen LogP contribution in [0.1, 0.15) is 11.1 Å². The van der Waals surface area contributed by atoms with Crippen molar-refractivity contribution in [2.45, 2.75) is 13.0 Å². The second-order valence-corrected chi connectivity index (χ2v) is 8.37. The fraction of sp³-hybridized carbons (Fsp3) is 0.250. The van der Waals surface area contributed by atoms with Gasteiger partial charge in [-0.2, -0.15) is 0 Å². The number of fused-ring (bicyclic) bond motifs is 2. The Morgan fingerprint density at radius 2 is 1.60 bits per heavy atom. The van der Waals surface area contributed by atoms with Crippen molar-refractivity contribution >= 4 is 16.9 Å². The second kappa shape index (κ2) is 9.62. The van der Waals surface area contributed by atoms with E-state index >= 15 is 0 Å². The van der Waals surface area contributed by atoms with Crippen LogP contribution in [0, 0.1) is 0 Å². The van der Waals surface area contributed by atoms with Crippen LogP contribution in [0.3, 0.4) is 0 Å². The summed E-state index contributed by atoms with van der Waals surface area (Å²) in [6, 6.07) is 17.3. The van der Waals surface area contributed by atoms with Gasteiger partial charge in [-0.25, -0.2) is 0 Å². The normalized spacial score (nSPS) is 12.8. The van der Waals surface area contributed by atoms with Crippen LogP contribution >= 0.6 is 0 Å². The molecule has 0 fully saturated rings. The van der Waals surface area contributed by atoms with Crippen molar-refractivity contribution in [3.63, 3.8) is 0 Å². The first-order valence-corrected chi connectivity index (χ1v) is 11.4. The maximum absolute atomic E-state index is 12.9. The third-order valence-corrected chi connectivity index (χ3v) is 6.38. The van der Waals surface area contributed by atoms with E-state index in [0.29, 0.717) is 30.3 Å². The van der Waals surface area contributed by atoms with Crippen LogP contribution in [0.2, 0.25) is 0 Å². The van der Waals surface area contributed by atoms with Crippen LogP contribution in [0.15, 0.2) is 65.3 Å². The molecule has 0 unspecified atom stereocenters. The molecule has 7 heteroatoms. The number of ether oxygens (including phenoxy) is 4. The number of furan rings is 1. The standard InChI is InChI=1S/C28H27NO6/c1-31-21-6-4-18(5-7-21)24-16-35-25-9-8-22(14-23(24)25)34-17-28(30)29-11-10-19-12-26(32-2)27(33-3)13-20(19)15-29/h4-9,12-14,16H,10-11,15,17H2,1-3H3. The summed E-state index contributed by atoms with van der Waals surface area (Å²) < 4.78 is 27.7. The summed E-state index contributed by atoms with van der Waals surface area (Å²) in [6.07, 6.45) is 2.49. The Labute approximate surface area is 203 Å². The summed E-state index contributed by atoms with van der Waals surface area (Å²) in [5.41, 5.74) is 4.95. The number of carbonyl (C=O) groups is 1. The fourth-order valence-electron chi connectivity index (χ4n) is 4.42. The molecular weight excluding hydrogens is 446 g/mol. The van der Waals surface area contributed by atoms with E-state index < -0.39 is 0 Å². The van der Waals surface area contributed by atoms with Crippen molar-refractivity contribution in [3.05, 3.63) is 72.0 Å². The van der Waals surface area contributed by atoms with Gasteiger partial charge in [-0.15, -0.1) is 0 Å². The first-order valence-electron chi connectivity index (χ1n) is 11.4. The molecule has 0 radical (unpaired) electrons. The minimum atomic E-state index is -0.0619. The second-order valence-electron chi connectivity index (χ2n) is 8.37. The highest BCUT2D eigenvalue weighted by molar-refractivity contribution is 5.95. The van der Waals surface area contributed by atoms with Gasteiger partial charge in [0.15, 0.2) is 18.1 Å². The van der Waals surface area contributed by atoms with E-state index in [-0.39, 0.29) is 12.5 Å². The Balaban J connectivity index is 1.28. The van der Waals surface area contributed by atoms with Crippen molar-refractivity contribution in [2.24, 2.45) is 0 Å². The van der Waals surface area contributed by atoms with Gasteiger partial charge in [0, 0.05) is 24.0 Å². The van der Waals surface area contributed by atoms with Gasteiger partial charge in [0.25, 0.3) is 5.91 Å². The molecule has 1 aliphatic rings. The molecule has 180 valence electrons. The highest BCUT2D eigenvalue weighted by Crippen LogP contribution is 2.35. The van der Waals surface area contributed by atoms with Gasteiger partial charge in [-0.3, -0.25) is 4.79 Å². The number of rotatable bonds is 7. The average Bonchev–Trinajstić information content (AvgIpc) is 3.33. The molecule has 35 heavy (non-hydrogen) atoms. The zero-order chi connectivity index (χ0) is 24.4. The molecule has 1 amide bonds. The van der Waals surface area contributed by atoms with Crippen molar-refractivity contribution < 1.29 is 28.2 Å². The van der Waals surface area contributed by atoms with Gasteiger partial charge in [0.2, 0.25) is 0 Å². The number of hydrogen-bond donors (Lipinski definition) is 0. The van der Waals surface area contributed by atoms with Crippen LogP contribution in [-0.4, -0.2) is 45.3 Å². The van der Waals surface area contributed by atoms with Crippen LogP contribution in [0.4, 0.5) is 0 Å². The molecule has 2 heterocycles. The van der Waals surface area contributed by atoms with Gasteiger partial charge in [-0.1, -0.05) is 12.1 Å². The van der Waals surface area contributed by atoms with E-state index in [0.717, 1.165) is 39.8 Å². The monoisotopic (exact) mass is 473 g/mol. The lowest BCUT2D eigenvalue weighted by Crippen LogP contribution is -2.38. The summed E-state index contributed by atoms with van der Waals surface area (Å²) in [6.45, 7) is 1.11. The molecule has 7 nitrogen and oxygen atoms in total. The van der Waals surface area contributed by atoms with Crippen molar-refractivity contribution in [2.75, 3.05) is 34.5 Å². The largest absolute Gasteiger partial charge is 0.497 e. The predicted molar refractivity (Wildman–Crippen MR) is 132 cm³/mol. The molecule has 1 aliphatic heterocycles. The Bertz CT molecular complexity index is 1360. The molecular formula is C28H27NO6. The minimum Gasteiger partial charge on any atom is -0.497 e. The summed E-state index contributed by atoms with van der Waals surface area (Å²) >= 11 is 0. The number of carbonyl (C=O) groups excluding carboxylic acids is 1. The van der Waals surface area contributed by atoms with Gasteiger partial charge >= 0.3 is 0 Å². The molecule has 0 N–H and O–H groups in total. The highest BCUT2D eigenvalue weighted by Gasteiger charge is 2.23. The SMILES string of the molecule is COc1ccc(-c2coc3ccc(OCC(=O)N4CCc5cc(OC)c(OC)cc5C4)cc23)cc1. The van der Waals surface area contributed by atoms with E-state index in [1.165, 1.54) is 5.56 Å². The number of nitrogens with zero attached hydrogens (tertiary/aromatic N) is 1. The van der Waals surface area contributed by atoms with Gasteiger partial charge in [-0.05, 0) is 65.6 Å². The van der Waals surface area contributed by atoms with Crippen molar-refractivity contribution in [1.82, 2.24) is 4.90 Å². The summed E-state index contributed by atoms with van der Waals surface area (Å²) in [7, 11) is 4.88. The average molecular weight is 474 g/mol. The number of amides is 1. The fourth-order valence-corrected chi connectivity index (χ4v) is 4.42. The smallest absolute Gasteiger partial charge is 0.260 e. The van der Waals surface area contributed by atoms with Crippen molar-refractivity contribution in [1.29, 1.82) is 0 Å². The Morgan fingerprint density at radius 1 is 0.886 bits per heavy atom. The molecule has 5 rings (SSSR count). The van der Waals surface area contributed by atoms with E-state index in [1.54, 1.807) is 27.6 Å². The highest BCUT2D eigenvalue weighted by atomic mass is 16.5. The quantitative estimate of drug-likeness (QED) is 0.372. The van der Waals surface area contributed by atoms with Gasteiger partial charge in [0.05, 0.1) is 27.6 Å². The lowest BCUT2D eigenvalue weighted by molar-refractivity contribution is -0.134. The minimum absolute atomic E-state index is 0.0378. The molecule has 0 atom stereocenters. The predicted octanol–water partition coefficient (Wildman–Crippen LogP) is 5.09. The maximum atomic E-state index is 12.9. The zero-order valence-corrected chi connectivity index (χ0v) is 20.0. The zero-order valence-electron chi connectivity index (χ0n) is 20.0. The molecule has 4 aromatic rings. The Hall–Kier alpha value is -4.13. The first-order chi connectivity index (χ1) is 17.1. The topological polar surface area (TPSA) is 70.4 Å². The van der Waals surface area contributed by atoms with Crippen LogP contribution in [0.25, 0.3) is 22.1 Å². The van der Waals surface area contributed by atoms with Crippen LogP contribution < -0.4 is 18.9 Å². The number of methoxy groups -OCH3 is 3. The van der Waals surface area contributed by atoms with Gasteiger partial charge < -0.3 is 28.3 Å². The third kappa shape index (κ3) is 4.49. The van der Waals surface area contributed by atoms with Crippen LogP contribution in [-0.2, 0) is 17.8 Å². The molecule has 0 aliphatic carbocycles. The van der Waals surface area contributed by atoms with E-state index in [2.05, 4.69) is 0 Å². The molecule has 0 saturated carbocycles. The molecule has 0 bridgehead atoms. The van der Waals surface area contributed by atoms with E-state index in [1.807, 2.05) is 59.5 Å². The molecule has 1 aromatic heterocycles. The lowest BCUT2D eigenvalue weighted by atomic mass is 9.99. The van der Waals surface area contributed by atoms with Gasteiger partial charge in [0.1, 0.15) is 17.1 Å². The maximum Gasteiger partial charge on any atom is 0.260 e. The number of hydrogen-bond acceptors (Lipinski definition) is 6. The summed E-state index contributed by atoms with van der Waals surface area (Å²) in [5.74, 6) is 2.72. The van der Waals surface area contributed by atoms with Crippen LogP contribution in [0.5, 0.6) is 23.0 Å². The van der Waals surface area contributed by atoms with E-state index in [4.69, 9.17) is 23.4 Å². The van der Waals surface area contributed by atoms with E-state index in [9.17, 15) is 4.79 Å². The summed E-state index contributed by atoms with van der Waals surface area (Å²) in [5, 5.41) is 0.924. The number of benzene rings is 3. The first kappa shape index (κ1) is 22.7. The van der Waals surface area contributed by atoms with Crippen molar-refractivity contribution in [3.8, 4) is 34.1 Å². The lowest BCUT2D eigenvalue weighted by Gasteiger charge is -2.29. The Kier molecular flexibility index (Phi) is 6.23. The molecule has 0 saturated heterocycles.